The van der Waals surface area contributed by atoms with Crippen LogP contribution >= 0.6 is 0 Å². The van der Waals surface area contributed by atoms with Crippen LogP contribution in [0.25, 0.3) is 16.6 Å². The molecule has 0 unspecified atom stereocenters. The van der Waals surface area contributed by atoms with Crippen LogP contribution < -0.4 is 5.56 Å². The summed E-state index contributed by atoms with van der Waals surface area (Å²) in [7, 11) is 0. The van der Waals surface area contributed by atoms with Crippen molar-refractivity contribution in [3.8, 4) is 17.5 Å². The monoisotopic (exact) mass is 531 g/mol. The van der Waals surface area contributed by atoms with Gasteiger partial charge in [-0.25, -0.2) is 4.98 Å². The van der Waals surface area contributed by atoms with Gasteiger partial charge in [-0.2, -0.15) is 13.2 Å². The molecule has 5 nitrogen and oxygen atoms in total. The lowest BCUT2D eigenvalue weighted by atomic mass is 10.1. The average Bonchev–Trinajstić information content (AvgIpc) is 2.92. The largest absolute Gasteiger partial charge is 0.416 e. The molecule has 0 aliphatic heterocycles. The summed E-state index contributed by atoms with van der Waals surface area (Å²) in [6.07, 6.45) is -3.88. The number of carbonyl (C=O) groups is 1. The van der Waals surface area contributed by atoms with Gasteiger partial charge in [0.2, 0.25) is 5.91 Å². The van der Waals surface area contributed by atoms with Gasteiger partial charge < -0.3 is 4.90 Å². The highest BCUT2D eigenvalue weighted by Crippen LogP contribution is 2.29. The summed E-state index contributed by atoms with van der Waals surface area (Å²) in [4.78, 5) is 33.6. The molecule has 1 atom stereocenters. The number of carbonyl (C=O) groups excluding carboxylic acids is 1. The predicted molar refractivity (Wildman–Crippen MR) is 145 cm³/mol. The van der Waals surface area contributed by atoms with Crippen LogP contribution in [0.3, 0.4) is 0 Å². The standard InChI is InChI=1S/C31H28F3N3O2/c1-4-8-22-13-17-25(18-14-22)37-29(35-27-10-7-6-9-26(27)30(37)39)21(3)36(19-5-2)28(38)20-23-11-15-24(16-12-23)31(32,33)34/h6-7,9-18,21H,5,19-20H2,1-3H3/t21-/m1/s1. The fraction of sp³-hybridized carbons (Fsp3) is 0.258. The van der Waals surface area contributed by atoms with E-state index in [4.69, 9.17) is 4.98 Å². The number of para-hydroxylation sites is 1. The summed E-state index contributed by atoms with van der Waals surface area (Å²) in [5.41, 5.74) is 1.35. The maximum absolute atomic E-state index is 13.7. The van der Waals surface area contributed by atoms with Crippen LogP contribution in [-0.2, 0) is 17.4 Å². The van der Waals surface area contributed by atoms with Crippen LogP contribution in [0.4, 0.5) is 13.2 Å². The highest BCUT2D eigenvalue weighted by molar-refractivity contribution is 5.80. The number of rotatable bonds is 7. The van der Waals surface area contributed by atoms with Crippen LogP contribution in [0, 0.1) is 11.8 Å². The molecule has 1 aromatic heterocycles. The van der Waals surface area contributed by atoms with Crippen molar-refractivity contribution in [1.82, 2.24) is 14.5 Å². The smallest absolute Gasteiger partial charge is 0.332 e. The van der Waals surface area contributed by atoms with E-state index < -0.39 is 17.8 Å². The zero-order chi connectivity index (χ0) is 28.2. The Balaban J connectivity index is 1.76. The van der Waals surface area contributed by atoms with Gasteiger partial charge in [-0.1, -0.05) is 37.1 Å². The third kappa shape index (κ3) is 6.04. The third-order valence-corrected chi connectivity index (χ3v) is 6.46. The summed E-state index contributed by atoms with van der Waals surface area (Å²) in [6, 6.07) is 18.3. The molecule has 0 aliphatic carbocycles. The number of alkyl halides is 3. The molecule has 0 spiro atoms. The van der Waals surface area contributed by atoms with Gasteiger partial charge in [0.25, 0.3) is 5.56 Å². The van der Waals surface area contributed by atoms with E-state index in [-0.39, 0.29) is 17.9 Å². The molecular formula is C31H28F3N3O2. The Morgan fingerprint density at radius 1 is 1.03 bits per heavy atom. The summed E-state index contributed by atoms with van der Waals surface area (Å²) >= 11 is 0. The van der Waals surface area contributed by atoms with Crippen molar-refractivity contribution < 1.29 is 18.0 Å². The molecule has 0 radical (unpaired) electrons. The van der Waals surface area contributed by atoms with E-state index in [2.05, 4.69) is 11.8 Å². The summed E-state index contributed by atoms with van der Waals surface area (Å²) in [6.45, 7) is 5.87. The Hall–Kier alpha value is -4.38. The van der Waals surface area contributed by atoms with Crippen LogP contribution in [0.2, 0.25) is 0 Å². The molecular weight excluding hydrogens is 503 g/mol. The molecule has 1 amide bonds. The molecule has 1 heterocycles. The first-order chi connectivity index (χ1) is 18.6. The summed E-state index contributed by atoms with van der Waals surface area (Å²) < 4.78 is 40.4. The highest BCUT2D eigenvalue weighted by Gasteiger charge is 2.30. The molecule has 8 heteroatoms. The van der Waals surface area contributed by atoms with E-state index in [0.29, 0.717) is 40.9 Å². The van der Waals surface area contributed by atoms with E-state index in [1.54, 1.807) is 48.2 Å². The number of hydrogen-bond donors (Lipinski definition) is 0. The zero-order valence-corrected chi connectivity index (χ0v) is 21.9. The molecule has 200 valence electrons. The first-order valence-electron chi connectivity index (χ1n) is 12.6. The number of aromatic nitrogens is 2. The van der Waals surface area contributed by atoms with Crippen molar-refractivity contribution in [1.29, 1.82) is 0 Å². The third-order valence-electron chi connectivity index (χ3n) is 6.46. The zero-order valence-electron chi connectivity index (χ0n) is 21.9. The number of fused-ring (bicyclic) bond motifs is 1. The fourth-order valence-corrected chi connectivity index (χ4v) is 4.52. The van der Waals surface area contributed by atoms with Gasteiger partial charge >= 0.3 is 6.18 Å². The van der Waals surface area contributed by atoms with E-state index in [1.165, 1.54) is 16.7 Å². The maximum atomic E-state index is 13.7. The van der Waals surface area contributed by atoms with Crippen molar-refractivity contribution in [3.63, 3.8) is 0 Å². The van der Waals surface area contributed by atoms with Gasteiger partial charge in [-0.3, -0.25) is 14.2 Å². The van der Waals surface area contributed by atoms with E-state index in [9.17, 15) is 22.8 Å². The molecule has 0 saturated carbocycles. The molecule has 0 saturated heterocycles. The molecule has 4 rings (SSSR count). The second-order valence-corrected chi connectivity index (χ2v) is 9.18. The predicted octanol–water partition coefficient (Wildman–Crippen LogP) is 6.32. The second-order valence-electron chi connectivity index (χ2n) is 9.18. The molecule has 4 aromatic rings. The Morgan fingerprint density at radius 2 is 1.69 bits per heavy atom. The van der Waals surface area contributed by atoms with Gasteiger partial charge in [-0.05, 0) is 74.4 Å². The average molecular weight is 532 g/mol. The summed E-state index contributed by atoms with van der Waals surface area (Å²) in [5.74, 6) is 5.95. The minimum absolute atomic E-state index is 0.0787. The van der Waals surface area contributed by atoms with E-state index in [1.807, 2.05) is 26.0 Å². The van der Waals surface area contributed by atoms with Crippen molar-refractivity contribution in [2.45, 2.75) is 45.8 Å². The van der Waals surface area contributed by atoms with Crippen molar-refractivity contribution in [2.24, 2.45) is 0 Å². The number of benzene rings is 3. The van der Waals surface area contributed by atoms with E-state index >= 15 is 0 Å². The lowest BCUT2D eigenvalue weighted by Gasteiger charge is -2.30. The summed E-state index contributed by atoms with van der Waals surface area (Å²) in [5, 5.41) is 0.448. The lowest BCUT2D eigenvalue weighted by Crippen LogP contribution is -2.38. The molecule has 0 aliphatic rings. The maximum Gasteiger partial charge on any atom is 0.416 e. The second kappa shape index (κ2) is 11.6. The molecule has 39 heavy (non-hydrogen) atoms. The van der Waals surface area contributed by atoms with Gasteiger partial charge in [0, 0.05) is 12.1 Å². The Bertz CT molecular complexity index is 1600. The van der Waals surface area contributed by atoms with Gasteiger partial charge in [-0.15, -0.1) is 5.92 Å². The van der Waals surface area contributed by atoms with Crippen molar-refractivity contribution in [2.75, 3.05) is 6.54 Å². The molecule has 0 bridgehead atoms. The van der Waals surface area contributed by atoms with Crippen LogP contribution in [0.1, 0.15) is 55.7 Å². The first-order valence-corrected chi connectivity index (χ1v) is 12.6. The van der Waals surface area contributed by atoms with Crippen molar-refractivity contribution >= 4 is 16.8 Å². The Labute approximate surface area is 224 Å². The number of amides is 1. The number of halogens is 3. The Morgan fingerprint density at radius 3 is 2.31 bits per heavy atom. The molecule has 0 N–H and O–H groups in total. The number of nitrogens with zero attached hydrogens (tertiary/aromatic N) is 3. The minimum Gasteiger partial charge on any atom is -0.332 e. The fourth-order valence-electron chi connectivity index (χ4n) is 4.52. The molecule has 3 aromatic carbocycles. The van der Waals surface area contributed by atoms with Gasteiger partial charge in [0.1, 0.15) is 5.82 Å². The highest BCUT2D eigenvalue weighted by atomic mass is 19.4. The van der Waals surface area contributed by atoms with Crippen LogP contribution in [0.15, 0.2) is 77.6 Å². The number of hydrogen-bond acceptors (Lipinski definition) is 3. The van der Waals surface area contributed by atoms with Crippen LogP contribution in [-0.4, -0.2) is 26.9 Å². The lowest BCUT2D eigenvalue weighted by molar-refractivity contribution is -0.137. The first kappa shape index (κ1) is 27.6. The van der Waals surface area contributed by atoms with Gasteiger partial charge in [0.05, 0.1) is 34.6 Å². The van der Waals surface area contributed by atoms with Gasteiger partial charge in [0.15, 0.2) is 0 Å². The minimum atomic E-state index is -4.45. The molecule has 0 fully saturated rings. The van der Waals surface area contributed by atoms with Crippen molar-refractivity contribution in [3.05, 3.63) is 106 Å². The normalized spacial score (nSPS) is 12.1. The Kier molecular flexibility index (Phi) is 8.20. The quantitative estimate of drug-likeness (QED) is 0.262. The van der Waals surface area contributed by atoms with E-state index in [0.717, 1.165) is 17.7 Å². The van der Waals surface area contributed by atoms with Crippen LogP contribution in [0.5, 0.6) is 0 Å². The SMILES string of the molecule is CC#Cc1ccc(-n2c([C@@H](C)N(CCC)C(=O)Cc3ccc(C(F)(F)F)cc3)nc3ccccc3c2=O)cc1. The topological polar surface area (TPSA) is 55.2 Å².